The molecule has 0 spiro atoms. The van der Waals surface area contributed by atoms with Crippen LogP contribution in [0.3, 0.4) is 0 Å². The summed E-state index contributed by atoms with van der Waals surface area (Å²) in [5.41, 5.74) is 1.09. The molecule has 20 heavy (non-hydrogen) atoms. The third-order valence-electron chi connectivity index (χ3n) is 3.51. The maximum Gasteiger partial charge on any atom is 0.264 e. The lowest BCUT2D eigenvalue weighted by Crippen LogP contribution is -2.40. The summed E-state index contributed by atoms with van der Waals surface area (Å²) in [7, 11) is 0. The lowest BCUT2D eigenvalue weighted by atomic mass is 10.2. The minimum Gasteiger partial charge on any atom is -0.336 e. The van der Waals surface area contributed by atoms with E-state index in [9.17, 15) is 4.79 Å². The number of hydrogen-bond donors (Lipinski definition) is 0. The number of carbonyl (C=O) groups is 1. The molecule has 0 radical (unpaired) electrons. The van der Waals surface area contributed by atoms with Crippen LogP contribution in [0.15, 0.2) is 11.4 Å². The molecule has 1 aromatic rings. The van der Waals surface area contributed by atoms with Crippen LogP contribution >= 0.6 is 11.3 Å². The van der Waals surface area contributed by atoms with Gasteiger partial charge in [-0.05, 0) is 42.9 Å². The molecule has 114 valence electrons. The molecule has 0 fully saturated rings. The first kappa shape index (κ1) is 17.2. The van der Waals surface area contributed by atoms with Gasteiger partial charge in [0.2, 0.25) is 0 Å². The number of hydrogen-bond acceptors (Lipinski definition) is 3. The molecule has 0 saturated heterocycles. The van der Waals surface area contributed by atoms with Crippen LogP contribution in [0.4, 0.5) is 0 Å². The summed E-state index contributed by atoms with van der Waals surface area (Å²) < 4.78 is 0. The summed E-state index contributed by atoms with van der Waals surface area (Å²) in [6.45, 7) is 15.4. The van der Waals surface area contributed by atoms with Crippen LogP contribution in [-0.2, 0) is 0 Å². The monoisotopic (exact) mass is 296 g/mol. The van der Waals surface area contributed by atoms with Gasteiger partial charge in [0.05, 0.1) is 4.88 Å². The van der Waals surface area contributed by atoms with Crippen molar-refractivity contribution in [1.82, 2.24) is 9.80 Å². The Morgan fingerprint density at radius 3 is 2.35 bits per heavy atom. The van der Waals surface area contributed by atoms with Crippen molar-refractivity contribution < 1.29 is 4.79 Å². The normalized spacial score (nSPS) is 11.3. The largest absolute Gasteiger partial charge is 0.336 e. The molecule has 0 atom stereocenters. The minimum absolute atomic E-state index is 0.193. The van der Waals surface area contributed by atoms with E-state index in [0.29, 0.717) is 5.92 Å². The number of rotatable bonds is 8. The van der Waals surface area contributed by atoms with Gasteiger partial charge < -0.3 is 9.80 Å². The Bertz CT molecular complexity index is 410. The first-order valence-corrected chi connectivity index (χ1v) is 8.43. The van der Waals surface area contributed by atoms with Crippen molar-refractivity contribution in [3.63, 3.8) is 0 Å². The van der Waals surface area contributed by atoms with E-state index in [0.717, 1.165) is 43.2 Å². The molecule has 0 aliphatic carbocycles. The van der Waals surface area contributed by atoms with Crippen LogP contribution in [0.5, 0.6) is 0 Å². The number of carbonyl (C=O) groups excluding carboxylic acids is 1. The molecule has 3 nitrogen and oxygen atoms in total. The van der Waals surface area contributed by atoms with Gasteiger partial charge in [-0.15, -0.1) is 11.3 Å². The van der Waals surface area contributed by atoms with E-state index in [1.165, 1.54) is 0 Å². The summed E-state index contributed by atoms with van der Waals surface area (Å²) in [5, 5.41) is 2.00. The van der Waals surface area contributed by atoms with Gasteiger partial charge in [-0.1, -0.05) is 27.7 Å². The molecule has 4 heteroatoms. The second-order valence-corrected chi connectivity index (χ2v) is 6.52. The van der Waals surface area contributed by atoms with Crippen LogP contribution in [-0.4, -0.2) is 48.4 Å². The molecule has 0 aromatic carbocycles. The van der Waals surface area contributed by atoms with Gasteiger partial charge in [0.15, 0.2) is 0 Å². The van der Waals surface area contributed by atoms with Crippen molar-refractivity contribution in [1.29, 1.82) is 0 Å². The molecule has 0 N–H and O–H groups in total. The second kappa shape index (κ2) is 8.42. The molecule has 1 heterocycles. The average Bonchev–Trinajstić information content (AvgIpc) is 2.83. The molecule has 1 aromatic heterocycles. The van der Waals surface area contributed by atoms with Gasteiger partial charge in [0, 0.05) is 19.6 Å². The quantitative estimate of drug-likeness (QED) is 0.733. The zero-order valence-electron chi connectivity index (χ0n) is 13.5. The number of thiophene rings is 1. The van der Waals surface area contributed by atoms with E-state index in [-0.39, 0.29) is 5.91 Å². The zero-order valence-corrected chi connectivity index (χ0v) is 14.3. The lowest BCUT2D eigenvalue weighted by Gasteiger charge is -2.27. The summed E-state index contributed by atoms with van der Waals surface area (Å²) in [6.07, 6.45) is 0. The Kier molecular flexibility index (Phi) is 7.24. The standard InChI is InChI=1S/C16H28N2OS/c1-6-17(7-2)9-10-18(12-13(3)4)16(19)15-14(5)8-11-20-15/h8,11,13H,6-7,9-10,12H2,1-5H3. The molecule has 0 saturated carbocycles. The maximum absolute atomic E-state index is 12.7. The summed E-state index contributed by atoms with van der Waals surface area (Å²) >= 11 is 1.55. The predicted octanol–water partition coefficient (Wildman–Crippen LogP) is 3.50. The molecule has 1 rings (SSSR count). The van der Waals surface area contributed by atoms with Gasteiger partial charge >= 0.3 is 0 Å². The minimum atomic E-state index is 0.193. The third-order valence-corrected chi connectivity index (χ3v) is 4.51. The van der Waals surface area contributed by atoms with Gasteiger partial charge in [0.1, 0.15) is 0 Å². The molecular formula is C16H28N2OS. The number of likely N-dealkylation sites (N-methyl/N-ethyl adjacent to an activating group) is 1. The van der Waals surface area contributed by atoms with Crippen molar-refractivity contribution in [2.24, 2.45) is 5.92 Å². The highest BCUT2D eigenvalue weighted by atomic mass is 32.1. The van der Waals surface area contributed by atoms with Crippen molar-refractivity contribution >= 4 is 17.2 Å². The van der Waals surface area contributed by atoms with Crippen molar-refractivity contribution in [3.8, 4) is 0 Å². The van der Waals surface area contributed by atoms with E-state index >= 15 is 0 Å². The van der Waals surface area contributed by atoms with E-state index < -0.39 is 0 Å². The molecular weight excluding hydrogens is 268 g/mol. The van der Waals surface area contributed by atoms with Crippen molar-refractivity contribution in [2.75, 3.05) is 32.7 Å². The van der Waals surface area contributed by atoms with Crippen molar-refractivity contribution in [2.45, 2.75) is 34.6 Å². The maximum atomic E-state index is 12.7. The van der Waals surface area contributed by atoms with E-state index in [2.05, 4.69) is 32.6 Å². The van der Waals surface area contributed by atoms with Gasteiger partial charge in [0.25, 0.3) is 5.91 Å². The molecule has 0 bridgehead atoms. The van der Waals surface area contributed by atoms with Crippen LogP contribution in [0.25, 0.3) is 0 Å². The summed E-state index contributed by atoms with van der Waals surface area (Å²) in [4.78, 5) is 17.9. The van der Waals surface area contributed by atoms with E-state index in [1.807, 2.05) is 23.3 Å². The fraction of sp³-hybridized carbons (Fsp3) is 0.688. The average molecular weight is 296 g/mol. The summed E-state index contributed by atoms with van der Waals surface area (Å²) in [6, 6.07) is 2.02. The number of aryl methyl sites for hydroxylation is 1. The highest BCUT2D eigenvalue weighted by molar-refractivity contribution is 7.12. The number of amides is 1. The molecule has 0 unspecified atom stereocenters. The lowest BCUT2D eigenvalue weighted by molar-refractivity contribution is 0.0720. The smallest absolute Gasteiger partial charge is 0.264 e. The number of nitrogens with zero attached hydrogens (tertiary/aromatic N) is 2. The Hall–Kier alpha value is -0.870. The highest BCUT2D eigenvalue weighted by Gasteiger charge is 2.20. The fourth-order valence-electron chi connectivity index (χ4n) is 2.25. The Balaban J connectivity index is 2.73. The van der Waals surface area contributed by atoms with Gasteiger partial charge in [-0.3, -0.25) is 4.79 Å². The third kappa shape index (κ3) is 4.91. The predicted molar refractivity (Wildman–Crippen MR) is 87.6 cm³/mol. The SMILES string of the molecule is CCN(CC)CCN(CC(C)C)C(=O)c1sccc1C. The topological polar surface area (TPSA) is 23.6 Å². The van der Waals surface area contributed by atoms with Crippen LogP contribution in [0.2, 0.25) is 0 Å². The van der Waals surface area contributed by atoms with E-state index in [4.69, 9.17) is 0 Å². The Morgan fingerprint density at radius 1 is 1.25 bits per heavy atom. The van der Waals surface area contributed by atoms with Gasteiger partial charge in [-0.2, -0.15) is 0 Å². The van der Waals surface area contributed by atoms with Crippen molar-refractivity contribution in [3.05, 3.63) is 21.9 Å². The Morgan fingerprint density at radius 2 is 1.90 bits per heavy atom. The van der Waals surface area contributed by atoms with Gasteiger partial charge in [-0.25, -0.2) is 0 Å². The first-order valence-electron chi connectivity index (χ1n) is 7.55. The molecule has 0 aliphatic heterocycles. The second-order valence-electron chi connectivity index (χ2n) is 5.60. The highest BCUT2D eigenvalue weighted by Crippen LogP contribution is 2.18. The summed E-state index contributed by atoms with van der Waals surface area (Å²) in [5.74, 6) is 0.689. The van der Waals surface area contributed by atoms with Crippen LogP contribution in [0, 0.1) is 12.8 Å². The molecule has 0 aliphatic rings. The Labute approximate surface area is 127 Å². The first-order chi connectivity index (χ1) is 9.49. The van der Waals surface area contributed by atoms with Crippen LogP contribution in [0.1, 0.15) is 42.9 Å². The van der Waals surface area contributed by atoms with Crippen LogP contribution < -0.4 is 0 Å². The molecule has 1 amide bonds. The zero-order chi connectivity index (χ0) is 15.1. The van der Waals surface area contributed by atoms with E-state index in [1.54, 1.807) is 11.3 Å². The fourth-order valence-corrected chi connectivity index (χ4v) is 3.15.